The molecule has 0 aliphatic carbocycles. The summed E-state index contributed by atoms with van der Waals surface area (Å²) < 4.78 is 10.2. The van der Waals surface area contributed by atoms with Crippen LogP contribution < -0.4 is 0 Å². The van der Waals surface area contributed by atoms with Gasteiger partial charge < -0.3 is 14.1 Å². The Hall–Kier alpha value is -1.78. The van der Waals surface area contributed by atoms with E-state index in [4.69, 9.17) is 9.15 Å². The number of unbranched alkanes of at least 4 members (excludes halogenated alkanes) is 11. The van der Waals surface area contributed by atoms with Gasteiger partial charge in [0.25, 0.3) is 5.91 Å². The summed E-state index contributed by atoms with van der Waals surface area (Å²) in [5.41, 5.74) is 0. The van der Waals surface area contributed by atoms with Gasteiger partial charge in [-0.25, -0.2) is 0 Å². The van der Waals surface area contributed by atoms with Gasteiger partial charge in [0.15, 0.2) is 5.76 Å². The molecule has 1 amide bonds. The van der Waals surface area contributed by atoms with Crippen LogP contribution >= 0.6 is 0 Å². The lowest BCUT2D eigenvalue weighted by Gasteiger charge is -2.14. The second-order valence-corrected chi connectivity index (χ2v) is 7.25. The molecule has 0 atom stereocenters. The number of likely N-dealkylation sites (N-methyl/N-ethyl adjacent to an activating group) is 1. The monoisotopic (exact) mass is 379 g/mol. The Morgan fingerprint density at radius 3 is 2.00 bits per heavy atom. The summed E-state index contributed by atoms with van der Waals surface area (Å²) in [5, 5.41) is 0. The minimum atomic E-state index is -0.375. The van der Waals surface area contributed by atoms with E-state index in [0.29, 0.717) is 6.61 Å². The van der Waals surface area contributed by atoms with Crippen molar-refractivity contribution in [3.63, 3.8) is 0 Å². The molecule has 0 aromatic carbocycles. The van der Waals surface area contributed by atoms with Crippen LogP contribution in [0.2, 0.25) is 0 Å². The summed E-state index contributed by atoms with van der Waals surface area (Å²) in [7, 11) is 1.57. The molecule has 0 aliphatic rings. The normalized spacial score (nSPS) is 10.7. The van der Waals surface area contributed by atoms with Crippen molar-refractivity contribution < 1.29 is 18.7 Å². The molecular weight excluding hydrogens is 342 g/mol. The summed E-state index contributed by atoms with van der Waals surface area (Å²) in [4.78, 5) is 25.0. The number of ether oxygens (including phenoxy) is 1. The summed E-state index contributed by atoms with van der Waals surface area (Å²) in [6, 6.07) is 3.23. The average molecular weight is 380 g/mol. The highest BCUT2D eigenvalue weighted by Crippen LogP contribution is 2.12. The van der Waals surface area contributed by atoms with E-state index >= 15 is 0 Å². The molecule has 1 aromatic rings. The molecular formula is C22H37NO4. The Morgan fingerprint density at radius 1 is 0.926 bits per heavy atom. The van der Waals surface area contributed by atoms with Gasteiger partial charge in [-0.15, -0.1) is 0 Å². The number of rotatable bonds is 16. The smallest absolute Gasteiger partial charge is 0.325 e. The summed E-state index contributed by atoms with van der Waals surface area (Å²) in [6.07, 6.45) is 16.8. The van der Waals surface area contributed by atoms with Crippen LogP contribution in [0, 0.1) is 0 Å². The summed E-state index contributed by atoms with van der Waals surface area (Å²) in [5.74, 6) is -0.464. The fourth-order valence-corrected chi connectivity index (χ4v) is 3.03. The third kappa shape index (κ3) is 11.5. The molecule has 0 aliphatic heterocycles. The van der Waals surface area contributed by atoms with E-state index in [0.717, 1.165) is 12.8 Å². The zero-order chi connectivity index (χ0) is 19.7. The van der Waals surface area contributed by atoms with Crippen LogP contribution in [-0.2, 0) is 9.53 Å². The van der Waals surface area contributed by atoms with Gasteiger partial charge in [0.05, 0.1) is 12.9 Å². The highest BCUT2D eigenvalue weighted by Gasteiger charge is 2.17. The van der Waals surface area contributed by atoms with E-state index in [1.807, 2.05) is 0 Å². The van der Waals surface area contributed by atoms with E-state index in [-0.39, 0.29) is 24.2 Å². The maximum atomic E-state index is 12.0. The van der Waals surface area contributed by atoms with Crippen molar-refractivity contribution >= 4 is 11.9 Å². The molecule has 5 nitrogen and oxygen atoms in total. The molecule has 0 N–H and O–H groups in total. The molecule has 1 rings (SSSR count). The molecule has 0 unspecified atom stereocenters. The van der Waals surface area contributed by atoms with Crippen LogP contribution in [0.3, 0.4) is 0 Å². The third-order valence-corrected chi connectivity index (χ3v) is 4.71. The van der Waals surface area contributed by atoms with Crippen molar-refractivity contribution in [1.82, 2.24) is 4.90 Å². The van der Waals surface area contributed by atoms with E-state index in [1.165, 1.54) is 75.4 Å². The van der Waals surface area contributed by atoms with E-state index in [2.05, 4.69) is 6.92 Å². The number of carbonyl (C=O) groups excluding carboxylic acids is 2. The van der Waals surface area contributed by atoms with Crippen molar-refractivity contribution in [2.75, 3.05) is 20.2 Å². The SMILES string of the molecule is CCCCCCCCCCCCCCOC(=O)CN(C)C(=O)c1ccco1. The van der Waals surface area contributed by atoms with Crippen molar-refractivity contribution in [3.8, 4) is 0 Å². The Bertz CT molecular complexity index is 498. The second kappa shape index (κ2) is 15.3. The van der Waals surface area contributed by atoms with Crippen LogP contribution in [0.15, 0.2) is 22.8 Å². The zero-order valence-electron chi connectivity index (χ0n) is 17.2. The van der Waals surface area contributed by atoms with E-state index in [9.17, 15) is 9.59 Å². The number of hydrogen-bond donors (Lipinski definition) is 0. The van der Waals surface area contributed by atoms with Gasteiger partial charge >= 0.3 is 5.97 Å². The lowest BCUT2D eigenvalue weighted by atomic mass is 10.1. The first-order chi connectivity index (χ1) is 13.1. The van der Waals surface area contributed by atoms with Crippen molar-refractivity contribution in [2.45, 2.75) is 84.0 Å². The summed E-state index contributed by atoms with van der Waals surface area (Å²) >= 11 is 0. The van der Waals surface area contributed by atoms with Gasteiger partial charge in [-0.1, -0.05) is 77.6 Å². The largest absolute Gasteiger partial charge is 0.464 e. The first kappa shape index (κ1) is 23.3. The molecule has 0 radical (unpaired) electrons. The quantitative estimate of drug-likeness (QED) is 0.277. The zero-order valence-corrected chi connectivity index (χ0v) is 17.2. The molecule has 0 fully saturated rings. The predicted octanol–water partition coefficient (Wildman–Crippen LogP) is 5.60. The fraction of sp³-hybridized carbons (Fsp3) is 0.727. The van der Waals surface area contributed by atoms with Crippen molar-refractivity contribution in [1.29, 1.82) is 0 Å². The van der Waals surface area contributed by atoms with Crippen molar-refractivity contribution in [3.05, 3.63) is 24.2 Å². The summed E-state index contributed by atoms with van der Waals surface area (Å²) in [6.45, 7) is 2.62. The lowest BCUT2D eigenvalue weighted by Crippen LogP contribution is -2.32. The number of furan rings is 1. The van der Waals surface area contributed by atoms with Crippen LogP contribution in [0.5, 0.6) is 0 Å². The first-order valence-corrected chi connectivity index (χ1v) is 10.6. The lowest BCUT2D eigenvalue weighted by molar-refractivity contribution is -0.144. The average Bonchev–Trinajstić information content (AvgIpc) is 3.19. The number of nitrogens with zero attached hydrogens (tertiary/aromatic N) is 1. The predicted molar refractivity (Wildman–Crippen MR) is 108 cm³/mol. The van der Waals surface area contributed by atoms with Crippen LogP contribution in [0.4, 0.5) is 0 Å². The molecule has 1 aromatic heterocycles. The van der Waals surface area contributed by atoms with Gasteiger partial charge in [-0.2, -0.15) is 0 Å². The van der Waals surface area contributed by atoms with Crippen LogP contribution in [-0.4, -0.2) is 37.0 Å². The highest BCUT2D eigenvalue weighted by atomic mass is 16.5. The van der Waals surface area contributed by atoms with Crippen LogP contribution in [0.25, 0.3) is 0 Å². The molecule has 27 heavy (non-hydrogen) atoms. The van der Waals surface area contributed by atoms with Crippen LogP contribution in [0.1, 0.15) is 94.5 Å². The van der Waals surface area contributed by atoms with E-state index in [1.54, 1.807) is 19.2 Å². The maximum Gasteiger partial charge on any atom is 0.325 e. The van der Waals surface area contributed by atoms with Crippen molar-refractivity contribution in [2.24, 2.45) is 0 Å². The van der Waals surface area contributed by atoms with Gasteiger partial charge in [-0.05, 0) is 18.6 Å². The minimum Gasteiger partial charge on any atom is -0.464 e. The first-order valence-electron chi connectivity index (χ1n) is 10.6. The molecule has 0 saturated heterocycles. The highest BCUT2D eigenvalue weighted by molar-refractivity contribution is 5.93. The molecule has 0 saturated carbocycles. The Kier molecular flexibility index (Phi) is 13.2. The Morgan fingerprint density at radius 2 is 1.48 bits per heavy atom. The van der Waals surface area contributed by atoms with E-state index < -0.39 is 0 Å². The molecule has 5 heteroatoms. The fourth-order valence-electron chi connectivity index (χ4n) is 3.03. The number of hydrogen-bond acceptors (Lipinski definition) is 4. The van der Waals surface area contributed by atoms with Gasteiger partial charge in [0.2, 0.25) is 0 Å². The molecule has 0 bridgehead atoms. The third-order valence-electron chi connectivity index (χ3n) is 4.71. The van der Waals surface area contributed by atoms with Gasteiger partial charge in [-0.3, -0.25) is 9.59 Å². The standard InChI is InChI=1S/C22H37NO4/c1-3-4-5-6-7-8-9-10-11-12-13-14-17-27-21(24)19-23(2)22(25)20-16-15-18-26-20/h15-16,18H,3-14,17,19H2,1-2H3. The number of amides is 1. The number of esters is 1. The van der Waals surface area contributed by atoms with Gasteiger partial charge in [0, 0.05) is 7.05 Å². The second-order valence-electron chi connectivity index (χ2n) is 7.25. The van der Waals surface area contributed by atoms with Gasteiger partial charge in [0.1, 0.15) is 6.54 Å². The number of carbonyl (C=O) groups is 2. The molecule has 0 spiro atoms. The molecule has 1 heterocycles. The molecule has 154 valence electrons. The Labute approximate surface area is 164 Å². The topological polar surface area (TPSA) is 59.8 Å². The Balaban J connectivity index is 1.90. The maximum absolute atomic E-state index is 12.0. The minimum absolute atomic E-state index is 0.0577.